The molecule has 1 rings (SSSR count). The van der Waals surface area contributed by atoms with E-state index >= 15 is 0 Å². The van der Waals surface area contributed by atoms with Gasteiger partial charge in [0.05, 0.1) is 6.54 Å². The van der Waals surface area contributed by atoms with Crippen molar-refractivity contribution in [2.24, 2.45) is 5.73 Å². The Bertz CT molecular complexity index is 349. The first-order valence-corrected chi connectivity index (χ1v) is 5.75. The Morgan fingerprint density at radius 3 is 2.44 bits per heavy atom. The fourth-order valence-corrected chi connectivity index (χ4v) is 1.83. The number of hydrogen-bond donors (Lipinski definition) is 1. The normalized spacial score (nSPS) is 10.4. The number of nitrogens with two attached hydrogens (primary N) is 1. The molecule has 16 heavy (non-hydrogen) atoms. The molecule has 4 heteroatoms. The number of carbonyl (C=O) groups excluding carboxylic acids is 1. The van der Waals surface area contributed by atoms with Crippen LogP contribution < -0.4 is 5.73 Å². The van der Waals surface area contributed by atoms with Crippen LogP contribution in [0.15, 0.2) is 41.4 Å². The van der Waals surface area contributed by atoms with Crippen LogP contribution in [0, 0.1) is 0 Å². The van der Waals surface area contributed by atoms with Crippen molar-refractivity contribution < 1.29 is 4.79 Å². The lowest BCUT2D eigenvalue weighted by molar-refractivity contribution is -0.119. The summed E-state index contributed by atoms with van der Waals surface area (Å²) in [6.07, 6.45) is 0. The van der Waals surface area contributed by atoms with E-state index in [0.29, 0.717) is 13.1 Å². The molecule has 0 saturated carbocycles. The van der Waals surface area contributed by atoms with Gasteiger partial charge in [-0.25, -0.2) is 0 Å². The van der Waals surface area contributed by atoms with Gasteiger partial charge in [-0.1, -0.05) is 52.8 Å². The molecule has 0 saturated heterocycles. The SMILES string of the molecule is C=C(Br)CN(CC(N)=O)Cc1ccccc1. The topological polar surface area (TPSA) is 46.3 Å². The second kappa shape index (κ2) is 6.45. The van der Waals surface area contributed by atoms with Crippen LogP contribution >= 0.6 is 15.9 Å². The summed E-state index contributed by atoms with van der Waals surface area (Å²) in [5.74, 6) is -0.329. The summed E-state index contributed by atoms with van der Waals surface area (Å²) in [5, 5.41) is 0. The Kier molecular flexibility index (Phi) is 5.22. The van der Waals surface area contributed by atoms with Crippen LogP contribution in [0.2, 0.25) is 0 Å². The van der Waals surface area contributed by atoms with Crippen LogP contribution in [0.25, 0.3) is 0 Å². The minimum atomic E-state index is -0.329. The zero-order valence-electron chi connectivity index (χ0n) is 9.03. The average molecular weight is 283 g/mol. The van der Waals surface area contributed by atoms with Crippen molar-refractivity contribution in [1.82, 2.24) is 4.90 Å². The predicted molar refractivity (Wildman–Crippen MR) is 69.0 cm³/mol. The third kappa shape index (κ3) is 5.09. The van der Waals surface area contributed by atoms with Crippen LogP contribution in [0.5, 0.6) is 0 Å². The molecule has 0 bridgehead atoms. The highest BCUT2D eigenvalue weighted by atomic mass is 79.9. The molecule has 0 atom stereocenters. The maximum absolute atomic E-state index is 10.9. The van der Waals surface area contributed by atoms with E-state index in [9.17, 15) is 4.79 Å². The second-order valence-corrected chi connectivity index (χ2v) is 4.74. The fourth-order valence-electron chi connectivity index (χ4n) is 1.47. The molecule has 1 amide bonds. The lowest BCUT2D eigenvalue weighted by Crippen LogP contribution is -2.34. The fraction of sp³-hybridized carbons (Fsp3) is 0.250. The van der Waals surface area contributed by atoms with Gasteiger partial charge in [0.2, 0.25) is 5.91 Å². The molecule has 0 heterocycles. The molecule has 0 aliphatic heterocycles. The number of nitrogens with zero attached hydrogens (tertiary/aromatic N) is 1. The second-order valence-electron chi connectivity index (χ2n) is 3.61. The number of amides is 1. The Morgan fingerprint density at radius 2 is 1.94 bits per heavy atom. The summed E-state index contributed by atoms with van der Waals surface area (Å²) in [6.45, 7) is 5.30. The van der Waals surface area contributed by atoms with Gasteiger partial charge in [0.1, 0.15) is 0 Å². The smallest absolute Gasteiger partial charge is 0.231 e. The lowest BCUT2D eigenvalue weighted by Gasteiger charge is -2.20. The summed E-state index contributed by atoms with van der Waals surface area (Å²) in [4.78, 5) is 12.9. The number of primary amides is 1. The van der Waals surface area contributed by atoms with Crippen molar-refractivity contribution in [2.45, 2.75) is 6.54 Å². The van der Waals surface area contributed by atoms with Gasteiger partial charge in [0.15, 0.2) is 0 Å². The van der Waals surface area contributed by atoms with Crippen LogP contribution in [0.1, 0.15) is 5.56 Å². The molecule has 0 unspecified atom stereocenters. The summed E-state index contributed by atoms with van der Waals surface area (Å²) in [6, 6.07) is 9.95. The molecule has 3 nitrogen and oxygen atoms in total. The minimum absolute atomic E-state index is 0.236. The van der Waals surface area contributed by atoms with Crippen molar-refractivity contribution in [3.63, 3.8) is 0 Å². The zero-order valence-corrected chi connectivity index (χ0v) is 10.6. The van der Waals surface area contributed by atoms with E-state index in [-0.39, 0.29) is 12.5 Å². The Balaban J connectivity index is 2.63. The van der Waals surface area contributed by atoms with Crippen LogP contribution in [-0.4, -0.2) is 23.9 Å². The van der Waals surface area contributed by atoms with Crippen LogP contribution in [-0.2, 0) is 11.3 Å². The molecule has 0 aliphatic rings. The maximum Gasteiger partial charge on any atom is 0.231 e. The first kappa shape index (κ1) is 12.9. The van der Waals surface area contributed by atoms with Gasteiger partial charge >= 0.3 is 0 Å². The van der Waals surface area contributed by atoms with E-state index in [1.54, 1.807) is 0 Å². The van der Waals surface area contributed by atoms with Crippen LogP contribution in [0.4, 0.5) is 0 Å². The van der Waals surface area contributed by atoms with Gasteiger partial charge in [-0.05, 0) is 5.56 Å². The zero-order chi connectivity index (χ0) is 12.0. The maximum atomic E-state index is 10.9. The molecule has 0 aliphatic carbocycles. The Hall–Kier alpha value is -1.13. The van der Waals surface area contributed by atoms with E-state index in [1.165, 1.54) is 0 Å². The van der Waals surface area contributed by atoms with Gasteiger partial charge in [0.25, 0.3) is 0 Å². The Labute approximate surface area is 104 Å². The predicted octanol–water partition coefficient (Wildman–Crippen LogP) is 1.88. The highest BCUT2D eigenvalue weighted by Crippen LogP contribution is 2.09. The third-order valence-electron chi connectivity index (χ3n) is 2.02. The third-order valence-corrected chi connectivity index (χ3v) is 2.27. The van der Waals surface area contributed by atoms with Crippen molar-refractivity contribution in [3.05, 3.63) is 47.0 Å². The monoisotopic (exact) mass is 282 g/mol. The summed E-state index contributed by atoms with van der Waals surface area (Å²) in [7, 11) is 0. The van der Waals surface area contributed by atoms with Crippen molar-refractivity contribution >= 4 is 21.8 Å². The molecule has 1 aromatic carbocycles. The quantitative estimate of drug-likeness (QED) is 0.866. The summed E-state index contributed by atoms with van der Waals surface area (Å²) >= 11 is 3.29. The molecule has 1 aromatic rings. The van der Waals surface area contributed by atoms with Crippen LogP contribution in [0.3, 0.4) is 0 Å². The molecule has 2 N–H and O–H groups in total. The average Bonchev–Trinajstić information content (AvgIpc) is 2.16. The molecular weight excluding hydrogens is 268 g/mol. The van der Waals surface area contributed by atoms with E-state index in [0.717, 1.165) is 10.0 Å². The van der Waals surface area contributed by atoms with Crippen molar-refractivity contribution in [2.75, 3.05) is 13.1 Å². The molecule has 0 aromatic heterocycles. The van der Waals surface area contributed by atoms with Gasteiger partial charge in [-0.15, -0.1) is 0 Å². The number of hydrogen-bond acceptors (Lipinski definition) is 2. The molecule has 0 spiro atoms. The molecular formula is C12H15BrN2O. The largest absolute Gasteiger partial charge is 0.369 e. The van der Waals surface area contributed by atoms with Gasteiger partial charge in [-0.3, -0.25) is 9.69 Å². The number of carbonyl (C=O) groups is 1. The molecule has 0 radical (unpaired) electrons. The first-order valence-electron chi connectivity index (χ1n) is 4.96. The van der Waals surface area contributed by atoms with Crippen molar-refractivity contribution in [3.8, 4) is 0 Å². The van der Waals surface area contributed by atoms with E-state index in [4.69, 9.17) is 5.73 Å². The highest BCUT2D eigenvalue weighted by molar-refractivity contribution is 9.11. The summed E-state index contributed by atoms with van der Waals surface area (Å²) in [5.41, 5.74) is 6.35. The van der Waals surface area contributed by atoms with E-state index < -0.39 is 0 Å². The Morgan fingerprint density at radius 1 is 1.31 bits per heavy atom. The standard InChI is InChI=1S/C12H15BrN2O/c1-10(13)7-15(9-12(14)16)8-11-5-3-2-4-6-11/h2-6H,1,7-9H2,(H2,14,16). The van der Waals surface area contributed by atoms with E-state index in [1.807, 2.05) is 35.2 Å². The summed E-state index contributed by atoms with van der Waals surface area (Å²) < 4.78 is 0.838. The first-order chi connectivity index (χ1) is 7.58. The molecule has 0 fully saturated rings. The number of halogens is 1. The number of benzene rings is 1. The van der Waals surface area contributed by atoms with Gasteiger partial charge < -0.3 is 5.73 Å². The van der Waals surface area contributed by atoms with Gasteiger partial charge in [-0.2, -0.15) is 0 Å². The number of rotatable bonds is 6. The lowest BCUT2D eigenvalue weighted by atomic mass is 10.2. The molecule has 86 valence electrons. The van der Waals surface area contributed by atoms with Crippen molar-refractivity contribution in [1.29, 1.82) is 0 Å². The highest BCUT2D eigenvalue weighted by Gasteiger charge is 2.09. The van der Waals surface area contributed by atoms with Gasteiger partial charge in [0, 0.05) is 17.6 Å². The van der Waals surface area contributed by atoms with E-state index in [2.05, 4.69) is 22.5 Å². The minimum Gasteiger partial charge on any atom is -0.369 e.